The van der Waals surface area contributed by atoms with Gasteiger partial charge in [-0.3, -0.25) is 0 Å². The van der Waals surface area contributed by atoms with Crippen molar-refractivity contribution in [1.82, 2.24) is 0 Å². The summed E-state index contributed by atoms with van der Waals surface area (Å²) in [5.41, 5.74) is 16.4. The van der Waals surface area contributed by atoms with Gasteiger partial charge in [0, 0.05) is 23.5 Å². The fourth-order valence-corrected chi connectivity index (χ4v) is 7.70. The number of aryl methyl sites for hydroxylation is 1. The summed E-state index contributed by atoms with van der Waals surface area (Å²) in [6.07, 6.45) is 0. The maximum Gasteiger partial charge on any atom is 0.0782 e. The van der Waals surface area contributed by atoms with Gasteiger partial charge in [0.1, 0.15) is 0 Å². The first-order valence-corrected chi connectivity index (χ1v) is 14.4. The molecule has 0 fully saturated rings. The van der Waals surface area contributed by atoms with E-state index in [9.17, 15) is 0 Å². The van der Waals surface area contributed by atoms with Gasteiger partial charge in [-0.15, -0.1) is 0 Å². The summed E-state index contributed by atoms with van der Waals surface area (Å²) >= 11 is 0. The van der Waals surface area contributed by atoms with Crippen molar-refractivity contribution < 1.29 is 0 Å². The summed E-state index contributed by atoms with van der Waals surface area (Å²) in [5.74, 6) is 0. The van der Waals surface area contributed by atoms with Crippen LogP contribution in [0.25, 0.3) is 11.1 Å². The molecule has 2 heteroatoms. The van der Waals surface area contributed by atoms with E-state index in [1.807, 2.05) is 0 Å². The highest BCUT2D eigenvalue weighted by Gasteiger charge is 2.52. The van der Waals surface area contributed by atoms with E-state index in [1.54, 1.807) is 0 Å². The standard InChI is InChI=1S/C39H28N2/c1-26-21-23-28(24-22-26)41-36-19-8-5-15-32(36)39(33-16-6-9-20-37(33)41)31-14-4-7-18-35(31)40-25-27-11-2-3-12-29(27)30-13-10-17-34(39)38(30)40/h2-24H,25H2,1H3. The van der Waals surface area contributed by atoms with Crippen LogP contribution in [-0.2, 0) is 12.0 Å². The molecule has 0 atom stereocenters. The van der Waals surface area contributed by atoms with Crippen LogP contribution in [0, 0.1) is 6.92 Å². The molecule has 0 radical (unpaired) electrons. The van der Waals surface area contributed by atoms with E-state index in [2.05, 4.69) is 156 Å². The highest BCUT2D eigenvalue weighted by molar-refractivity contribution is 5.99. The second-order valence-electron chi connectivity index (χ2n) is 11.4. The maximum atomic E-state index is 2.56. The maximum absolute atomic E-state index is 2.56. The third-order valence-corrected chi connectivity index (χ3v) is 9.33. The summed E-state index contributed by atoms with van der Waals surface area (Å²) in [4.78, 5) is 5.01. The highest BCUT2D eigenvalue weighted by atomic mass is 15.2. The topological polar surface area (TPSA) is 6.48 Å². The summed E-state index contributed by atoms with van der Waals surface area (Å²) in [7, 11) is 0. The largest absolute Gasteiger partial charge is 0.336 e. The van der Waals surface area contributed by atoms with E-state index in [-0.39, 0.29) is 0 Å². The van der Waals surface area contributed by atoms with E-state index < -0.39 is 5.41 Å². The molecule has 3 aliphatic heterocycles. The zero-order valence-corrected chi connectivity index (χ0v) is 22.9. The zero-order chi connectivity index (χ0) is 27.1. The predicted molar refractivity (Wildman–Crippen MR) is 169 cm³/mol. The molecule has 0 aromatic heterocycles. The summed E-state index contributed by atoms with van der Waals surface area (Å²) in [6.45, 7) is 3.02. The minimum absolute atomic E-state index is 0.459. The molecule has 1 spiro atoms. The van der Waals surface area contributed by atoms with Crippen molar-refractivity contribution in [3.63, 3.8) is 0 Å². The average Bonchev–Trinajstić information content (AvgIpc) is 3.03. The van der Waals surface area contributed by atoms with E-state index in [1.165, 1.54) is 72.9 Å². The van der Waals surface area contributed by atoms with Gasteiger partial charge in [-0.1, -0.05) is 115 Å². The van der Waals surface area contributed by atoms with Gasteiger partial charge in [-0.25, -0.2) is 0 Å². The predicted octanol–water partition coefficient (Wildman–Crippen LogP) is 9.79. The fraction of sp³-hybridized carbons (Fsp3) is 0.0769. The third kappa shape index (κ3) is 2.87. The van der Waals surface area contributed by atoms with Crippen LogP contribution >= 0.6 is 0 Å². The number of benzene rings is 6. The lowest BCUT2D eigenvalue weighted by atomic mass is 9.59. The molecular formula is C39H28N2. The molecule has 9 rings (SSSR count). The second-order valence-corrected chi connectivity index (χ2v) is 11.4. The molecule has 6 aromatic carbocycles. The molecular weight excluding hydrogens is 496 g/mol. The third-order valence-electron chi connectivity index (χ3n) is 9.33. The number of anilines is 5. The van der Waals surface area contributed by atoms with E-state index in [0.717, 1.165) is 6.54 Å². The lowest BCUT2D eigenvalue weighted by Gasteiger charge is -2.52. The molecule has 0 aliphatic carbocycles. The Hall–Kier alpha value is -5.08. The van der Waals surface area contributed by atoms with Crippen LogP contribution < -0.4 is 9.80 Å². The monoisotopic (exact) mass is 524 g/mol. The van der Waals surface area contributed by atoms with Crippen molar-refractivity contribution >= 4 is 28.4 Å². The Morgan fingerprint density at radius 1 is 0.488 bits per heavy atom. The molecule has 6 aromatic rings. The molecule has 2 nitrogen and oxygen atoms in total. The second kappa shape index (κ2) is 8.22. The van der Waals surface area contributed by atoms with Crippen LogP contribution in [0.4, 0.5) is 28.4 Å². The Labute approximate surface area is 240 Å². The smallest absolute Gasteiger partial charge is 0.0782 e. The van der Waals surface area contributed by atoms with Gasteiger partial charge < -0.3 is 9.80 Å². The number of fused-ring (bicyclic) bond motifs is 10. The Bertz CT molecular complexity index is 1950. The lowest BCUT2D eigenvalue weighted by Crippen LogP contribution is -2.43. The molecule has 0 bridgehead atoms. The molecule has 0 unspecified atom stereocenters. The van der Waals surface area contributed by atoms with Gasteiger partial charge >= 0.3 is 0 Å². The van der Waals surface area contributed by atoms with Crippen LogP contribution in [0.3, 0.4) is 0 Å². The van der Waals surface area contributed by atoms with Gasteiger partial charge in [0.05, 0.1) is 22.5 Å². The minimum atomic E-state index is -0.459. The van der Waals surface area contributed by atoms with Crippen LogP contribution in [-0.4, -0.2) is 0 Å². The SMILES string of the molecule is Cc1ccc(N2c3ccccc3C3(c4ccccc4N4Cc5ccccc5-c5cccc3c54)c3ccccc32)cc1. The van der Waals surface area contributed by atoms with E-state index in [0.29, 0.717) is 0 Å². The van der Waals surface area contributed by atoms with Crippen LogP contribution in [0.2, 0.25) is 0 Å². The molecule has 0 saturated heterocycles. The Balaban J connectivity index is 1.45. The zero-order valence-electron chi connectivity index (χ0n) is 22.9. The number of hydrogen-bond acceptors (Lipinski definition) is 2. The van der Waals surface area contributed by atoms with Crippen LogP contribution in [0.1, 0.15) is 33.4 Å². The highest BCUT2D eigenvalue weighted by Crippen LogP contribution is 2.64. The Morgan fingerprint density at radius 3 is 1.73 bits per heavy atom. The molecule has 0 N–H and O–H groups in total. The van der Waals surface area contributed by atoms with Gasteiger partial charge in [0.2, 0.25) is 0 Å². The molecule has 41 heavy (non-hydrogen) atoms. The lowest BCUT2D eigenvalue weighted by molar-refractivity contribution is 0.703. The van der Waals surface area contributed by atoms with Gasteiger partial charge in [0.15, 0.2) is 0 Å². The first-order chi connectivity index (χ1) is 20.3. The number of hydrogen-bond donors (Lipinski definition) is 0. The van der Waals surface area contributed by atoms with Gasteiger partial charge in [-0.2, -0.15) is 0 Å². The van der Waals surface area contributed by atoms with Crippen molar-refractivity contribution in [2.45, 2.75) is 18.9 Å². The quantitative estimate of drug-likeness (QED) is 0.211. The van der Waals surface area contributed by atoms with Gasteiger partial charge in [-0.05, 0) is 70.6 Å². The fourth-order valence-electron chi connectivity index (χ4n) is 7.70. The van der Waals surface area contributed by atoms with E-state index >= 15 is 0 Å². The van der Waals surface area contributed by atoms with Crippen molar-refractivity contribution in [3.8, 4) is 11.1 Å². The summed E-state index contributed by atoms with van der Waals surface area (Å²) < 4.78 is 0. The van der Waals surface area contributed by atoms with E-state index in [4.69, 9.17) is 0 Å². The first-order valence-electron chi connectivity index (χ1n) is 14.4. The first kappa shape index (κ1) is 22.7. The number of para-hydroxylation sites is 4. The van der Waals surface area contributed by atoms with Crippen LogP contribution in [0.15, 0.2) is 140 Å². The number of nitrogens with zero attached hydrogens (tertiary/aromatic N) is 2. The van der Waals surface area contributed by atoms with Crippen molar-refractivity contribution in [2.24, 2.45) is 0 Å². The summed E-state index contributed by atoms with van der Waals surface area (Å²) in [5, 5.41) is 0. The number of rotatable bonds is 1. The van der Waals surface area contributed by atoms with Crippen LogP contribution in [0.5, 0.6) is 0 Å². The molecule has 0 amide bonds. The van der Waals surface area contributed by atoms with Crippen molar-refractivity contribution in [3.05, 3.63) is 173 Å². The Morgan fingerprint density at radius 2 is 1.02 bits per heavy atom. The Kier molecular flexibility index (Phi) is 4.55. The van der Waals surface area contributed by atoms with Crippen molar-refractivity contribution in [2.75, 3.05) is 9.80 Å². The molecule has 0 saturated carbocycles. The normalized spacial score (nSPS) is 15.0. The average molecular weight is 525 g/mol. The minimum Gasteiger partial charge on any atom is -0.336 e. The molecule has 3 aliphatic rings. The molecule has 194 valence electrons. The van der Waals surface area contributed by atoms with Gasteiger partial charge in [0.25, 0.3) is 0 Å². The molecule has 3 heterocycles. The summed E-state index contributed by atoms with van der Waals surface area (Å²) in [6, 6.07) is 52.0. The van der Waals surface area contributed by atoms with Crippen molar-refractivity contribution in [1.29, 1.82) is 0 Å².